The fourth-order valence-electron chi connectivity index (χ4n) is 0.731. The lowest BCUT2D eigenvalue weighted by molar-refractivity contribution is 0.321. The van der Waals surface area contributed by atoms with Gasteiger partial charge in [-0.3, -0.25) is 0 Å². The van der Waals surface area contributed by atoms with Gasteiger partial charge in [-0.25, -0.2) is 8.78 Å². The SMILES string of the molecule is ON=C(Cl)c1cc(F)cc(F)c1. The molecule has 0 aliphatic heterocycles. The molecule has 0 spiro atoms. The molecule has 0 atom stereocenters. The van der Waals surface area contributed by atoms with Crippen molar-refractivity contribution < 1.29 is 14.0 Å². The van der Waals surface area contributed by atoms with Crippen LogP contribution in [-0.2, 0) is 0 Å². The maximum atomic E-state index is 12.5. The third kappa shape index (κ3) is 1.92. The molecule has 64 valence electrons. The summed E-state index contributed by atoms with van der Waals surface area (Å²) in [5.41, 5.74) is -0.00309. The van der Waals surface area contributed by atoms with Gasteiger partial charge in [-0.05, 0) is 12.1 Å². The zero-order valence-corrected chi connectivity index (χ0v) is 6.52. The van der Waals surface area contributed by atoms with Gasteiger partial charge < -0.3 is 5.21 Å². The molecule has 1 aromatic rings. The number of nitrogens with zero attached hydrogens (tertiary/aromatic N) is 1. The summed E-state index contributed by atoms with van der Waals surface area (Å²) >= 11 is 5.30. The number of hydrogen-bond acceptors (Lipinski definition) is 2. The molecule has 0 saturated carbocycles. The molecule has 0 fully saturated rings. The van der Waals surface area contributed by atoms with Crippen LogP contribution in [0, 0.1) is 11.6 Å². The Bertz CT molecular complexity index is 307. The number of rotatable bonds is 1. The molecule has 0 unspecified atom stereocenters. The van der Waals surface area contributed by atoms with E-state index in [9.17, 15) is 8.78 Å². The summed E-state index contributed by atoms with van der Waals surface area (Å²) in [5.74, 6) is -1.54. The molecule has 5 heteroatoms. The summed E-state index contributed by atoms with van der Waals surface area (Å²) in [6.07, 6.45) is 0. The largest absolute Gasteiger partial charge is 0.410 e. The second kappa shape index (κ2) is 3.49. The maximum Gasteiger partial charge on any atom is 0.175 e. The molecule has 0 amide bonds. The molecule has 2 nitrogen and oxygen atoms in total. The highest BCUT2D eigenvalue weighted by molar-refractivity contribution is 6.69. The van der Waals surface area contributed by atoms with Gasteiger partial charge in [0.2, 0.25) is 0 Å². The van der Waals surface area contributed by atoms with E-state index in [4.69, 9.17) is 16.8 Å². The smallest absolute Gasteiger partial charge is 0.175 e. The van der Waals surface area contributed by atoms with E-state index in [-0.39, 0.29) is 10.7 Å². The second-order valence-corrected chi connectivity index (χ2v) is 2.41. The molecule has 0 aromatic heterocycles. The molecule has 1 rings (SSSR count). The lowest BCUT2D eigenvalue weighted by atomic mass is 10.2. The van der Waals surface area contributed by atoms with Crippen molar-refractivity contribution >= 4 is 16.8 Å². The van der Waals surface area contributed by atoms with Crippen LogP contribution >= 0.6 is 11.6 Å². The quantitative estimate of drug-likeness (QED) is 0.413. The predicted molar refractivity (Wildman–Crippen MR) is 40.5 cm³/mol. The molecule has 0 bridgehead atoms. The monoisotopic (exact) mass is 191 g/mol. The molecule has 0 heterocycles. The average Bonchev–Trinajstić information content (AvgIpc) is 2.01. The normalized spacial score (nSPS) is 11.8. The van der Waals surface area contributed by atoms with Gasteiger partial charge in [0.15, 0.2) is 5.17 Å². The van der Waals surface area contributed by atoms with Gasteiger partial charge in [0.05, 0.1) is 0 Å². The fourth-order valence-corrected chi connectivity index (χ4v) is 0.840. The van der Waals surface area contributed by atoms with E-state index in [0.717, 1.165) is 12.1 Å². The van der Waals surface area contributed by atoms with Crippen molar-refractivity contribution in [2.24, 2.45) is 5.16 Å². The topological polar surface area (TPSA) is 32.6 Å². The van der Waals surface area contributed by atoms with Crippen molar-refractivity contribution in [2.45, 2.75) is 0 Å². The summed E-state index contributed by atoms with van der Waals surface area (Å²) < 4.78 is 25.0. The molecular weight excluding hydrogens is 188 g/mol. The van der Waals surface area contributed by atoms with Crippen LogP contribution in [0.3, 0.4) is 0 Å². The Morgan fingerprint density at radius 2 is 1.75 bits per heavy atom. The summed E-state index contributed by atoms with van der Waals surface area (Å²) in [6.45, 7) is 0. The zero-order valence-electron chi connectivity index (χ0n) is 5.76. The highest BCUT2D eigenvalue weighted by Gasteiger charge is 2.04. The summed E-state index contributed by atoms with van der Waals surface area (Å²) in [6, 6.07) is 2.63. The van der Waals surface area contributed by atoms with Crippen molar-refractivity contribution in [3.63, 3.8) is 0 Å². The molecular formula is C7H4ClF2NO. The fraction of sp³-hybridized carbons (Fsp3) is 0. The number of halogens is 3. The van der Waals surface area contributed by atoms with Gasteiger partial charge >= 0.3 is 0 Å². The zero-order chi connectivity index (χ0) is 9.14. The highest BCUT2D eigenvalue weighted by Crippen LogP contribution is 2.10. The Kier molecular flexibility index (Phi) is 2.60. The average molecular weight is 192 g/mol. The standard InChI is InChI=1S/C7H4ClF2NO/c8-7(11-12)4-1-5(9)3-6(10)2-4/h1-3,12H. The van der Waals surface area contributed by atoms with Gasteiger partial charge in [0.1, 0.15) is 11.6 Å². The summed E-state index contributed by atoms with van der Waals surface area (Å²) in [7, 11) is 0. The molecule has 0 radical (unpaired) electrons. The Hall–Kier alpha value is -1.16. The Labute approximate surface area is 72.1 Å². The van der Waals surface area contributed by atoms with Crippen LogP contribution in [0.25, 0.3) is 0 Å². The minimum Gasteiger partial charge on any atom is -0.410 e. The van der Waals surface area contributed by atoms with E-state index in [1.807, 2.05) is 0 Å². The van der Waals surface area contributed by atoms with Gasteiger partial charge in [0.25, 0.3) is 0 Å². The van der Waals surface area contributed by atoms with Crippen LogP contribution in [0.2, 0.25) is 0 Å². The molecule has 1 aromatic carbocycles. The number of hydrogen-bond donors (Lipinski definition) is 1. The lowest BCUT2D eigenvalue weighted by Crippen LogP contribution is -1.93. The highest BCUT2D eigenvalue weighted by atomic mass is 35.5. The molecule has 1 N–H and O–H groups in total. The van der Waals surface area contributed by atoms with E-state index >= 15 is 0 Å². The van der Waals surface area contributed by atoms with E-state index in [1.54, 1.807) is 0 Å². The first-order valence-electron chi connectivity index (χ1n) is 2.97. The van der Waals surface area contributed by atoms with Crippen LogP contribution in [0.5, 0.6) is 0 Å². The van der Waals surface area contributed by atoms with Crippen LogP contribution in [0.1, 0.15) is 5.56 Å². The lowest BCUT2D eigenvalue weighted by Gasteiger charge is -1.96. The Morgan fingerprint density at radius 1 is 1.25 bits per heavy atom. The van der Waals surface area contributed by atoms with Crippen molar-refractivity contribution in [3.05, 3.63) is 35.4 Å². The number of benzene rings is 1. The van der Waals surface area contributed by atoms with Crippen molar-refractivity contribution in [1.29, 1.82) is 0 Å². The van der Waals surface area contributed by atoms with E-state index in [0.29, 0.717) is 6.07 Å². The summed E-state index contributed by atoms with van der Waals surface area (Å²) in [5, 5.41) is 10.4. The first-order valence-corrected chi connectivity index (χ1v) is 3.35. The minimum absolute atomic E-state index is 0.00309. The first-order chi connectivity index (χ1) is 5.63. The van der Waals surface area contributed by atoms with Crippen LogP contribution in [0.4, 0.5) is 8.78 Å². The van der Waals surface area contributed by atoms with E-state index in [1.165, 1.54) is 0 Å². The van der Waals surface area contributed by atoms with Gasteiger partial charge in [-0.2, -0.15) is 0 Å². The van der Waals surface area contributed by atoms with Gasteiger partial charge in [-0.1, -0.05) is 16.8 Å². The van der Waals surface area contributed by atoms with Crippen molar-refractivity contribution in [3.8, 4) is 0 Å². The third-order valence-corrected chi connectivity index (χ3v) is 1.48. The number of oxime groups is 1. The molecule has 0 aliphatic rings. The van der Waals surface area contributed by atoms with Crippen molar-refractivity contribution in [1.82, 2.24) is 0 Å². The van der Waals surface area contributed by atoms with E-state index < -0.39 is 11.6 Å². The van der Waals surface area contributed by atoms with Gasteiger partial charge in [0, 0.05) is 11.6 Å². The third-order valence-electron chi connectivity index (χ3n) is 1.19. The molecule has 12 heavy (non-hydrogen) atoms. The summed E-state index contributed by atoms with van der Waals surface area (Å²) in [4.78, 5) is 0. The predicted octanol–water partition coefficient (Wildman–Crippen LogP) is 2.34. The first kappa shape index (κ1) is 8.93. The second-order valence-electron chi connectivity index (χ2n) is 2.05. The maximum absolute atomic E-state index is 12.5. The van der Waals surface area contributed by atoms with Gasteiger partial charge in [-0.15, -0.1) is 0 Å². The Morgan fingerprint density at radius 3 is 2.17 bits per heavy atom. The van der Waals surface area contributed by atoms with E-state index in [2.05, 4.69) is 5.16 Å². The van der Waals surface area contributed by atoms with Crippen LogP contribution in [-0.4, -0.2) is 10.4 Å². The Balaban J connectivity index is 3.17. The minimum atomic E-state index is -0.771. The molecule has 0 aliphatic carbocycles. The van der Waals surface area contributed by atoms with Crippen LogP contribution in [0.15, 0.2) is 23.4 Å². The molecule has 0 saturated heterocycles. The van der Waals surface area contributed by atoms with Crippen LogP contribution < -0.4 is 0 Å². The van der Waals surface area contributed by atoms with Crippen molar-refractivity contribution in [2.75, 3.05) is 0 Å².